The fraction of sp³-hybridized carbons (Fsp3) is 0.429. The summed E-state index contributed by atoms with van der Waals surface area (Å²) in [6.45, 7) is 5.82. The van der Waals surface area contributed by atoms with Gasteiger partial charge in [-0.25, -0.2) is 9.07 Å². The van der Waals surface area contributed by atoms with Gasteiger partial charge in [0.05, 0.1) is 24.9 Å². The van der Waals surface area contributed by atoms with Crippen molar-refractivity contribution < 1.29 is 23.1 Å². The van der Waals surface area contributed by atoms with Crippen molar-refractivity contribution in [2.75, 3.05) is 26.2 Å². The van der Waals surface area contributed by atoms with Crippen LogP contribution in [0.3, 0.4) is 0 Å². The Balaban J connectivity index is 1.12. The van der Waals surface area contributed by atoms with Crippen LogP contribution in [-0.2, 0) is 7.05 Å². The molecule has 11 heteroatoms. The van der Waals surface area contributed by atoms with Crippen LogP contribution in [0.1, 0.15) is 84.4 Å². The zero-order chi connectivity index (χ0) is 32.4. The summed E-state index contributed by atoms with van der Waals surface area (Å²) in [5, 5.41) is 8.28. The second kappa shape index (κ2) is 13.4. The molecule has 46 heavy (non-hydrogen) atoms. The molecule has 0 N–H and O–H groups in total. The molecule has 2 unspecified atom stereocenters. The van der Waals surface area contributed by atoms with Gasteiger partial charge in [-0.2, -0.15) is 4.39 Å². The maximum absolute atomic E-state index is 14.7. The van der Waals surface area contributed by atoms with Gasteiger partial charge in [0.25, 0.3) is 11.8 Å². The van der Waals surface area contributed by atoms with Crippen LogP contribution >= 0.6 is 0 Å². The van der Waals surface area contributed by atoms with Gasteiger partial charge in [0.15, 0.2) is 11.6 Å². The second-order valence-electron chi connectivity index (χ2n) is 12.4. The van der Waals surface area contributed by atoms with Gasteiger partial charge in [0.1, 0.15) is 5.69 Å². The second-order valence-corrected chi connectivity index (χ2v) is 12.4. The van der Waals surface area contributed by atoms with Crippen molar-refractivity contribution in [2.45, 2.75) is 58.0 Å². The highest BCUT2D eigenvalue weighted by molar-refractivity contribution is 6.00. The van der Waals surface area contributed by atoms with Crippen LogP contribution in [0, 0.1) is 17.6 Å². The van der Waals surface area contributed by atoms with E-state index in [0.29, 0.717) is 49.5 Å². The normalized spacial score (nSPS) is 19.2. The molecular weight excluding hydrogens is 590 g/mol. The molecule has 242 valence electrons. The summed E-state index contributed by atoms with van der Waals surface area (Å²) < 4.78 is 38.1. The molecule has 0 bridgehead atoms. The Hall–Kier alpha value is -4.54. The number of aromatic nitrogens is 4. The minimum absolute atomic E-state index is 0.0129. The summed E-state index contributed by atoms with van der Waals surface area (Å²) in [4.78, 5) is 31.3. The molecular formula is C35H40F2N6O3. The van der Waals surface area contributed by atoms with E-state index < -0.39 is 11.6 Å². The summed E-state index contributed by atoms with van der Waals surface area (Å²) in [6, 6.07) is 13.9. The van der Waals surface area contributed by atoms with E-state index in [-0.39, 0.29) is 47.5 Å². The van der Waals surface area contributed by atoms with Crippen LogP contribution in [0.2, 0.25) is 0 Å². The first-order chi connectivity index (χ1) is 22.2. The maximum Gasteiger partial charge on any atom is 0.254 e. The van der Waals surface area contributed by atoms with E-state index in [1.54, 1.807) is 47.0 Å². The van der Waals surface area contributed by atoms with Gasteiger partial charge in [-0.05, 0) is 87.4 Å². The molecule has 9 nitrogen and oxygen atoms in total. The molecule has 2 aliphatic heterocycles. The quantitative estimate of drug-likeness (QED) is 0.235. The van der Waals surface area contributed by atoms with Crippen LogP contribution < -0.4 is 4.74 Å². The molecule has 2 fully saturated rings. The highest BCUT2D eigenvalue weighted by Crippen LogP contribution is 2.34. The van der Waals surface area contributed by atoms with Crippen LogP contribution in [0.5, 0.6) is 5.75 Å². The Morgan fingerprint density at radius 3 is 2.39 bits per heavy atom. The topological polar surface area (TPSA) is 85.5 Å². The van der Waals surface area contributed by atoms with Gasteiger partial charge in [0.2, 0.25) is 5.82 Å². The Morgan fingerprint density at radius 2 is 1.67 bits per heavy atom. The van der Waals surface area contributed by atoms with Gasteiger partial charge in [-0.15, -0.1) is 5.10 Å². The smallest absolute Gasteiger partial charge is 0.254 e. The number of piperidine rings is 1. The number of ether oxygens (including phenoxy) is 1. The molecule has 0 saturated carbocycles. The number of aryl methyl sites for hydroxylation is 1. The average Bonchev–Trinajstić information content (AvgIpc) is 3.69. The number of hydrogen-bond acceptors (Lipinski definition) is 5. The van der Waals surface area contributed by atoms with Crippen molar-refractivity contribution in [1.29, 1.82) is 0 Å². The predicted molar refractivity (Wildman–Crippen MR) is 169 cm³/mol. The van der Waals surface area contributed by atoms with E-state index in [9.17, 15) is 18.4 Å². The Labute approximate surface area is 267 Å². The van der Waals surface area contributed by atoms with E-state index in [1.165, 1.54) is 12.1 Å². The van der Waals surface area contributed by atoms with E-state index in [0.717, 1.165) is 25.0 Å². The molecule has 6 rings (SSSR count). The number of benzene rings is 2. The monoisotopic (exact) mass is 630 g/mol. The number of likely N-dealkylation sites (tertiary alicyclic amines) is 2. The summed E-state index contributed by atoms with van der Waals surface area (Å²) in [5.74, 6) is -1.86. The van der Waals surface area contributed by atoms with E-state index in [1.807, 2.05) is 24.2 Å². The minimum Gasteiger partial charge on any atom is -0.491 e. The minimum atomic E-state index is -1.05. The first-order valence-electron chi connectivity index (χ1n) is 16.1. The number of hydrogen-bond donors (Lipinski definition) is 0. The van der Waals surface area contributed by atoms with Crippen molar-refractivity contribution in [3.63, 3.8) is 0 Å². The van der Waals surface area contributed by atoms with Crippen molar-refractivity contribution >= 4 is 11.8 Å². The van der Waals surface area contributed by atoms with E-state index in [4.69, 9.17) is 4.74 Å². The molecule has 2 atom stereocenters. The lowest BCUT2D eigenvalue weighted by atomic mass is 10.00. The third-order valence-electron chi connectivity index (χ3n) is 9.37. The van der Waals surface area contributed by atoms with Crippen LogP contribution in [-0.4, -0.2) is 67.4 Å². The number of nitrogens with zero attached hydrogens (tertiary/aromatic N) is 6. The lowest BCUT2D eigenvalue weighted by Crippen LogP contribution is -2.39. The summed E-state index contributed by atoms with van der Waals surface area (Å²) in [7, 11) is 2.01. The van der Waals surface area contributed by atoms with Crippen LogP contribution in [0.25, 0.3) is 11.3 Å². The van der Waals surface area contributed by atoms with Crippen molar-refractivity contribution in [3.05, 3.63) is 89.4 Å². The summed E-state index contributed by atoms with van der Waals surface area (Å²) in [6.07, 6.45) is 7.77. The molecule has 2 amide bonds. The van der Waals surface area contributed by atoms with Crippen LogP contribution in [0.4, 0.5) is 8.78 Å². The van der Waals surface area contributed by atoms with Crippen molar-refractivity contribution in [3.8, 4) is 17.0 Å². The molecule has 2 aromatic heterocycles. The number of rotatable bonds is 7. The van der Waals surface area contributed by atoms with Gasteiger partial charge in [-0.1, -0.05) is 18.2 Å². The molecule has 2 aromatic carbocycles. The highest BCUT2D eigenvalue weighted by Gasteiger charge is 2.32. The molecule has 2 aliphatic rings. The van der Waals surface area contributed by atoms with E-state index in [2.05, 4.69) is 27.9 Å². The Kier molecular flexibility index (Phi) is 9.19. The van der Waals surface area contributed by atoms with Gasteiger partial charge < -0.3 is 19.1 Å². The Bertz CT molecular complexity index is 1710. The SMILES string of the molecule is CCOc1ccc(-c2cn(C3CCN(C(=O)c4cccc(C(=O)N5CCC(C)CCC5c5cccn5C)c4)CC3)nn2)c(F)c1F. The van der Waals surface area contributed by atoms with E-state index >= 15 is 0 Å². The number of halogens is 2. The van der Waals surface area contributed by atoms with Crippen LogP contribution in [0.15, 0.2) is 60.9 Å². The third-order valence-corrected chi connectivity index (χ3v) is 9.37. The summed E-state index contributed by atoms with van der Waals surface area (Å²) in [5.41, 5.74) is 2.36. The molecule has 4 aromatic rings. The lowest BCUT2D eigenvalue weighted by molar-refractivity contribution is 0.0673. The number of carbonyl (C=O) groups excluding carboxylic acids is 2. The predicted octanol–water partition coefficient (Wildman–Crippen LogP) is 6.44. The fourth-order valence-electron chi connectivity index (χ4n) is 6.67. The molecule has 0 aliphatic carbocycles. The maximum atomic E-state index is 14.7. The highest BCUT2D eigenvalue weighted by atomic mass is 19.2. The fourth-order valence-corrected chi connectivity index (χ4v) is 6.67. The number of amides is 2. The Morgan fingerprint density at radius 1 is 0.913 bits per heavy atom. The molecule has 0 radical (unpaired) electrons. The third kappa shape index (κ3) is 6.27. The molecule has 2 saturated heterocycles. The standard InChI is InChI=1S/C35H40F2N6O3/c1-4-46-31-13-11-27(32(36)33(31)37)28-22-43(39-38-28)26-15-18-41(19-16-26)34(44)24-7-5-8-25(21-24)35(45)42-20-14-23(2)10-12-30(42)29-9-6-17-40(29)3/h5-9,11,13,17,21-23,26,30H,4,10,12,14-16,18-20H2,1-3H3. The van der Waals surface area contributed by atoms with Crippen molar-refractivity contribution in [2.24, 2.45) is 13.0 Å². The molecule has 4 heterocycles. The zero-order valence-corrected chi connectivity index (χ0v) is 26.5. The van der Waals surface area contributed by atoms with Gasteiger partial charge in [0, 0.05) is 55.3 Å². The first-order valence-corrected chi connectivity index (χ1v) is 16.1. The van der Waals surface area contributed by atoms with Crippen molar-refractivity contribution in [1.82, 2.24) is 29.4 Å². The molecule has 0 spiro atoms. The number of carbonyl (C=O) groups is 2. The van der Waals surface area contributed by atoms with Gasteiger partial charge in [-0.3, -0.25) is 9.59 Å². The zero-order valence-electron chi connectivity index (χ0n) is 26.5. The van der Waals surface area contributed by atoms with Gasteiger partial charge >= 0.3 is 0 Å². The lowest BCUT2D eigenvalue weighted by Gasteiger charge is -2.32. The average molecular weight is 631 g/mol. The largest absolute Gasteiger partial charge is 0.491 e. The summed E-state index contributed by atoms with van der Waals surface area (Å²) >= 11 is 0. The first kappa shape index (κ1) is 31.4.